The van der Waals surface area contributed by atoms with Crippen LogP contribution in [0.25, 0.3) is 0 Å². The van der Waals surface area contributed by atoms with Crippen LogP contribution in [0.5, 0.6) is 0 Å². The van der Waals surface area contributed by atoms with Crippen molar-refractivity contribution >= 4 is 5.91 Å². The molecule has 1 amide bonds. The summed E-state index contributed by atoms with van der Waals surface area (Å²) in [6.07, 6.45) is 2.17. The Balaban J connectivity index is 2.25. The Kier molecular flexibility index (Phi) is 3.20. The number of nitrogens with zero attached hydrogens (tertiary/aromatic N) is 1. The van der Waals surface area contributed by atoms with Crippen LogP contribution in [0, 0.1) is 0 Å². The number of hydrogen-bond donors (Lipinski definition) is 1. The second kappa shape index (κ2) is 4.49. The molecule has 2 rings (SSSR count). The highest BCUT2D eigenvalue weighted by Gasteiger charge is 2.35. The van der Waals surface area contributed by atoms with Gasteiger partial charge in [-0.1, -0.05) is 12.1 Å². The molecule has 0 aliphatic carbocycles. The van der Waals surface area contributed by atoms with Gasteiger partial charge in [0, 0.05) is 24.2 Å². The molecule has 92 valence electrons. The zero-order chi connectivity index (χ0) is 12.5. The number of carbonyl (C=O) groups is 1. The number of amides is 1. The number of likely N-dealkylation sites (tertiary alicyclic amines) is 1. The smallest absolute Gasteiger partial charge is 0.254 e. The van der Waals surface area contributed by atoms with Crippen molar-refractivity contribution < 1.29 is 4.79 Å². The van der Waals surface area contributed by atoms with Crippen LogP contribution in [0.1, 0.15) is 42.6 Å². The van der Waals surface area contributed by atoms with Crippen LogP contribution in [0.2, 0.25) is 0 Å². The summed E-state index contributed by atoms with van der Waals surface area (Å²) in [6.45, 7) is 5.60. The monoisotopic (exact) mass is 232 g/mol. The number of benzene rings is 1. The fourth-order valence-electron chi connectivity index (χ4n) is 2.47. The summed E-state index contributed by atoms with van der Waals surface area (Å²) >= 11 is 0. The van der Waals surface area contributed by atoms with E-state index in [4.69, 9.17) is 5.73 Å². The minimum atomic E-state index is -0.0181. The van der Waals surface area contributed by atoms with Crippen molar-refractivity contribution in [1.29, 1.82) is 0 Å². The average molecular weight is 232 g/mol. The maximum absolute atomic E-state index is 12.4. The van der Waals surface area contributed by atoms with Crippen LogP contribution in [0.3, 0.4) is 0 Å². The van der Waals surface area contributed by atoms with E-state index in [-0.39, 0.29) is 11.4 Å². The van der Waals surface area contributed by atoms with Gasteiger partial charge in [-0.25, -0.2) is 0 Å². The summed E-state index contributed by atoms with van der Waals surface area (Å²) in [5.74, 6) is 0.128. The fourth-order valence-corrected chi connectivity index (χ4v) is 2.47. The van der Waals surface area contributed by atoms with Crippen LogP contribution in [0.15, 0.2) is 24.3 Å². The predicted molar refractivity (Wildman–Crippen MR) is 68.7 cm³/mol. The summed E-state index contributed by atoms with van der Waals surface area (Å²) in [5.41, 5.74) is 7.34. The third kappa shape index (κ3) is 2.34. The molecule has 0 saturated carbocycles. The number of carbonyl (C=O) groups excluding carboxylic acids is 1. The number of nitrogens with two attached hydrogens (primary N) is 1. The second-order valence-corrected chi connectivity index (χ2v) is 5.28. The molecule has 1 aromatic carbocycles. The van der Waals surface area contributed by atoms with Gasteiger partial charge in [0.2, 0.25) is 0 Å². The summed E-state index contributed by atoms with van der Waals surface area (Å²) < 4.78 is 0. The summed E-state index contributed by atoms with van der Waals surface area (Å²) in [7, 11) is 0. The molecule has 0 bridgehead atoms. The van der Waals surface area contributed by atoms with Gasteiger partial charge >= 0.3 is 0 Å². The molecule has 0 atom stereocenters. The van der Waals surface area contributed by atoms with Gasteiger partial charge < -0.3 is 10.6 Å². The maximum atomic E-state index is 12.4. The first-order chi connectivity index (χ1) is 8.04. The van der Waals surface area contributed by atoms with E-state index in [2.05, 4.69) is 13.8 Å². The van der Waals surface area contributed by atoms with E-state index in [0.717, 1.165) is 30.5 Å². The van der Waals surface area contributed by atoms with Crippen LogP contribution < -0.4 is 5.73 Å². The lowest BCUT2D eigenvalue weighted by atomic mass is 10.0. The maximum Gasteiger partial charge on any atom is 0.254 e. The predicted octanol–water partition coefficient (Wildman–Crippen LogP) is 2.16. The Morgan fingerprint density at radius 1 is 1.47 bits per heavy atom. The first-order valence-electron chi connectivity index (χ1n) is 6.15. The van der Waals surface area contributed by atoms with Crippen LogP contribution in [0.4, 0.5) is 0 Å². The lowest BCUT2D eigenvalue weighted by Crippen LogP contribution is -2.42. The fraction of sp³-hybridized carbons (Fsp3) is 0.500. The molecule has 3 heteroatoms. The van der Waals surface area contributed by atoms with Crippen molar-refractivity contribution in [1.82, 2.24) is 4.90 Å². The van der Waals surface area contributed by atoms with Crippen molar-refractivity contribution in [2.75, 3.05) is 6.54 Å². The van der Waals surface area contributed by atoms with Crippen LogP contribution in [-0.4, -0.2) is 22.9 Å². The van der Waals surface area contributed by atoms with Gasteiger partial charge in [-0.2, -0.15) is 0 Å². The average Bonchev–Trinajstić information content (AvgIpc) is 2.68. The van der Waals surface area contributed by atoms with Gasteiger partial charge in [0.15, 0.2) is 0 Å². The van der Waals surface area contributed by atoms with E-state index in [1.54, 1.807) is 0 Å². The van der Waals surface area contributed by atoms with Crippen molar-refractivity contribution in [2.45, 2.75) is 38.8 Å². The molecule has 2 N–H and O–H groups in total. The van der Waals surface area contributed by atoms with Gasteiger partial charge in [0.05, 0.1) is 0 Å². The van der Waals surface area contributed by atoms with Crippen molar-refractivity contribution in [3.8, 4) is 0 Å². The lowest BCUT2D eigenvalue weighted by Gasteiger charge is -2.31. The van der Waals surface area contributed by atoms with Gasteiger partial charge in [-0.3, -0.25) is 4.79 Å². The first-order valence-corrected chi connectivity index (χ1v) is 6.15. The molecule has 0 unspecified atom stereocenters. The molecular formula is C14H20N2O. The molecule has 0 radical (unpaired) electrons. The van der Waals surface area contributed by atoms with Gasteiger partial charge in [0.1, 0.15) is 0 Å². The summed E-state index contributed by atoms with van der Waals surface area (Å²) in [6, 6.07) is 7.62. The second-order valence-electron chi connectivity index (χ2n) is 5.28. The van der Waals surface area contributed by atoms with E-state index in [0.29, 0.717) is 6.54 Å². The van der Waals surface area contributed by atoms with E-state index in [1.807, 2.05) is 29.2 Å². The highest BCUT2D eigenvalue weighted by Crippen LogP contribution is 2.29. The lowest BCUT2D eigenvalue weighted by molar-refractivity contribution is 0.0652. The Morgan fingerprint density at radius 3 is 2.82 bits per heavy atom. The van der Waals surface area contributed by atoms with Gasteiger partial charge in [-0.05, 0) is 44.4 Å². The molecule has 1 aliphatic heterocycles. The van der Waals surface area contributed by atoms with Crippen molar-refractivity contribution in [3.63, 3.8) is 0 Å². The SMILES string of the molecule is CC1(C)CCCN1C(=O)c1cccc(CN)c1. The van der Waals surface area contributed by atoms with Gasteiger partial charge in [-0.15, -0.1) is 0 Å². The summed E-state index contributed by atoms with van der Waals surface area (Å²) in [4.78, 5) is 14.4. The Labute approximate surface area is 103 Å². The number of rotatable bonds is 2. The van der Waals surface area contributed by atoms with Gasteiger partial charge in [0.25, 0.3) is 5.91 Å². The van der Waals surface area contributed by atoms with Crippen molar-refractivity contribution in [3.05, 3.63) is 35.4 Å². The van der Waals surface area contributed by atoms with E-state index in [9.17, 15) is 4.79 Å². The molecule has 1 aliphatic rings. The zero-order valence-electron chi connectivity index (χ0n) is 10.6. The Morgan fingerprint density at radius 2 is 2.24 bits per heavy atom. The van der Waals surface area contributed by atoms with E-state index >= 15 is 0 Å². The minimum absolute atomic E-state index is 0.0181. The third-order valence-corrected chi connectivity index (χ3v) is 3.56. The third-order valence-electron chi connectivity index (χ3n) is 3.56. The molecule has 0 spiro atoms. The minimum Gasteiger partial charge on any atom is -0.334 e. The summed E-state index contributed by atoms with van der Waals surface area (Å²) in [5, 5.41) is 0. The highest BCUT2D eigenvalue weighted by molar-refractivity contribution is 5.95. The standard InChI is InChI=1S/C14H20N2O/c1-14(2)7-4-8-16(14)13(17)12-6-3-5-11(9-12)10-15/h3,5-6,9H,4,7-8,10,15H2,1-2H3. The molecule has 0 aromatic heterocycles. The van der Waals surface area contributed by atoms with E-state index in [1.165, 1.54) is 0 Å². The molecular weight excluding hydrogens is 212 g/mol. The van der Waals surface area contributed by atoms with Crippen molar-refractivity contribution in [2.24, 2.45) is 5.73 Å². The molecule has 1 fully saturated rings. The molecule has 1 heterocycles. The number of hydrogen-bond acceptors (Lipinski definition) is 2. The normalized spacial score (nSPS) is 18.4. The zero-order valence-corrected chi connectivity index (χ0v) is 10.6. The topological polar surface area (TPSA) is 46.3 Å². The Bertz CT molecular complexity index is 426. The Hall–Kier alpha value is -1.35. The first kappa shape index (κ1) is 12.1. The highest BCUT2D eigenvalue weighted by atomic mass is 16.2. The largest absolute Gasteiger partial charge is 0.334 e. The molecule has 3 nitrogen and oxygen atoms in total. The van der Waals surface area contributed by atoms with Crippen LogP contribution in [-0.2, 0) is 6.54 Å². The molecule has 17 heavy (non-hydrogen) atoms. The molecule has 1 saturated heterocycles. The van der Waals surface area contributed by atoms with E-state index < -0.39 is 0 Å². The molecule has 1 aromatic rings. The van der Waals surface area contributed by atoms with Crippen LogP contribution >= 0.6 is 0 Å². The quantitative estimate of drug-likeness (QED) is 0.849.